The van der Waals surface area contributed by atoms with Crippen LogP contribution in [0.4, 0.5) is 0 Å². The van der Waals surface area contributed by atoms with E-state index < -0.39 is 18.0 Å². The van der Waals surface area contributed by atoms with E-state index in [4.69, 9.17) is 28.7 Å². The molecule has 0 unspecified atom stereocenters. The van der Waals surface area contributed by atoms with E-state index in [0.717, 1.165) is 0 Å². The van der Waals surface area contributed by atoms with Crippen molar-refractivity contribution < 1.29 is 33.3 Å². The Morgan fingerprint density at radius 2 is 1.69 bits per heavy atom. The Bertz CT molecular complexity index is 1930. The minimum Gasteiger partial charge on any atom is -0.497 e. The molecule has 5 rings (SSSR count). The molecule has 232 valence electrons. The van der Waals surface area contributed by atoms with Gasteiger partial charge in [-0.25, -0.2) is 14.6 Å². The Kier molecular flexibility index (Phi) is 9.79. The second-order valence-electron chi connectivity index (χ2n) is 9.71. The van der Waals surface area contributed by atoms with Crippen LogP contribution in [0.2, 0.25) is 0 Å². The summed E-state index contributed by atoms with van der Waals surface area (Å²) in [6, 6.07) is 20.9. The lowest BCUT2D eigenvalue weighted by atomic mass is 9.93. The lowest BCUT2D eigenvalue weighted by molar-refractivity contribution is -0.145. The van der Waals surface area contributed by atoms with Gasteiger partial charge in [0.2, 0.25) is 0 Å². The van der Waals surface area contributed by atoms with Crippen molar-refractivity contribution in [1.29, 1.82) is 0 Å². The van der Waals surface area contributed by atoms with Crippen LogP contribution in [0.1, 0.15) is 36.6 Å². The van der Waals surface area contributed by atoms with Gasteiger partial charge >= 0.3 is 11.9 Å². The van der Waals surface area contributed by atoms with Gasteiger partial charge in [0.15, 0.2) is 22.9 Å². The zero-order valence-corrected chi connectivity index (χ0v) is 26.1. The van der Waals surface area contributed by atoms with Crippen LogP contribution in [-0.2, 0) is 19.1 Å². The molecule has 4 aromatic rings. The van der Waals surface area contributed by atoms with Gasteiger partial charge in [0, 0.05) is 5.56 Å². The quantitative estimate of drug-likeness (QED) is 0.230. The first kappa shape index (κ1) is 31.3. The van der Waals surface area contributed by atoms with Gasteiger partial charge < -0.3 is 23.7 Å². The molecule has 1 aromatic heterocycles. The normalized spacial score (nSPS) is 14.3. The standard InChI is InChI=1S/C34H32N2O8S/c1-5-42-28(37)20-44-25-16-15-21(17-26(25)41-4)18-27-32(38)36-31(23-13-10-14-24(19-23)40-3)29(33(39)43-6-2)30(35-34(36)45-27)22-11-8-7-9-12-22/h7-19,31H,5-6,20H2,1-4H3/b27-18-/t31-/m1/s1. The van der Waals surface area contributed by atoms with Crippen LogP contribution in [0, 0.1) is 0 Å². The van der Waals surface area contributed by atoms with Gasteiger partial charge in [-0.1, -0.05) is 59.9 Å². The Labute approximate surface area is 263 Å². The van der Waals surface area contributed by atoms with Crippen molar-refractivity contribution in [3.05, 3.63) is 115 Å². The molecule has 0 saturated heterocycles. The highest BCUT2D eigenvalue weighted by Gasteiger charge is 2.35. The molecule has 2 heterocycles. The lowest BCUT2D eigenvalue weighted by Gasteiger charge is -2.26. The van der Waals surface area contributed by atoms with E-state index in [9.17, 15) is 14.4 Å². The van der Waals surface area contributed by atoms with Gasteiger partial charge in [0.05, 0.1) is 49.3 Å². The molecule has 0 fully saturated rings. The van der Waals surface area contributed by atoms with Crippen LogP contribution in [0.15, 0.2) is 88.2 Å². The highest BCUT2D eigenvalue weighted by atomic mass is 32.1. The average molecular weight is 629 g/mol. The number of hydrogen-bond acceptors (Lipinski definition) is 10. The number of nitrogens with zero attached hydrogens (tertiary/aromatic N) is 2. The number of esters is 2. The van der Waals surface area contributed by atoms with E-state index >= 15 is 0 Å². The fourth-order valence-corrected chi connectivity index (χ4v) is 5.95. The molecule has 45 heavy (non-hydrogen) atoms. The van der Waals surface area contributed by atoms with Crippen LogP contribution in [0.5, 0.6) is 17.2 Å². The number of aromatic nitrogens is 1. The Morgan fingerprint density at radius 1 is 0.911 bits per heavy atom. The number of benzene rings is 3. The highest BCUT2D eigenvalue weighted by Crippen LogP contribution is 2.36. The Hall–Kier alpha value is -5.16. The summed E-state index contributed by atoms with van der Waals surface area (Å²) in [4.78, 5) is 44.8. The maximum Gasteiger partial charge on any atom is 0.344 e. The highest BCUT2D eigenvalue weighted by molar-refractivity contribution is 7.07. The minimum atomic E-state index is -0.832. The van der Waals surface area contributed by atoms with E-state index in [1.807, 2.05) is 42.5 Å². The molecular weight excluding hydrogens is 596 g/mol. The maximum atomic E-state index is 14.2. The molecule has 0 saturated carbocycles. The number of thiazole rings is 1. The van der Waals surface area contributed by atoms with Crippen LogP contribution in [-0.4, -0.2) is 50.5 Å². The third kappa shape index (κ3) is 6.68. The summed E-state index contributed by atoms with van der Waals surface area (Å²) < 4.78 is 28.9. The molecule has 3 aromatic carbocycles. The van der Waals surface area contributed by atoms with Gasteiger partial charge in [-0.15, -0.1) is 0 Å². The molecule has 10 nitrogen and oxygen atoms in total. The summed E-state index contributed by atoms with van der Waals surface area (Å²) in [6.45, 7) is 3.59. The van der Waals surface area contributed by atoms with Crippen LogP contribution >= 0.6 is 11.3 Å². The SMILES string of the molecule is CCOC(=O)COc1ccc(/C=c2\sc3n(c2=O)[C@H](c2cccc(OC)c2)C(C(=O)OCC)=C(c2ccccc2)N=3)cc1OC. The fraction of sp³-hybridized carbons (Fsp3) is 0.235. The monoisotopic (exact) mass is 628 g/mol. The molecule has 1 atom stereocenters. The van der Waals surface area contributed by atoms with Crippen LogP contribution < -0.4 is 29.1 Å². The molecule has 1 aliphatic heterocycles. The molecule has 0 N–H and O–H groups in total. The Morgan fingerprint density at radius 3 is 2.40 bits per heavy atom. The van der Waals surface area contributed by atoms with E-state index in [-0.39, 0.29) is 31.0 Å². The van der Waals surface area contributed by atoms with Crippen LogP contribution in [0.25, 0.3) is 11.8 Å². The van der Waals surface area contributed by atoms with Gasteiger partial charge in [0.1, 0.15) is 5.75 Å². The minimum absolute atomic E-state index is 0.154. The van der Waals surface area contributed by atoms with E-state index in [2.05, 4.69) is 0 Å². The van der Waals surface area contributed by atoms with Gasteiger partial charge in [-0.3, -0.25) is 9.36 Å². The van der Waals surface area contributed by atoms with Crippen LogP contribution in [0.3, 0.4) is 0 Å². The van der Waals surface area contributed by atoms with Gasteiger partial charge in [-0.2, -0.15) is 0 Å². The molecule has 0 amide bonds. The predicted molar refractivity (Wildman–Crippen MR) is 169 cm³/mol. The van der Waals surface area contributed by atoms with Crippen molar-refractivity contribution in [2.75, 3.05) is 34.0 Å². The third-order valence-electron chi connectivity index (χ3n) is 6.92. The number of methoxy groups -OCH3 is 2. The molecule has 1 aliphatic rings. The molecule has 0 bridgehead atoms. The summed E-state index contributed by atoms with van der Waals surface area (Å²) in [6.07, 6.45) is 1.72. The number of carbonyl (C=O) groups is 2. The number of rotatable bonds is 11. The average Bonchev–Trinajstić information content (AvgIpc) is 3.37. The van der Waals surface area contributed by atoms with E-state index in [0.29, 0.717) is 49.0 Å². The topological polar surface area (TPSA) is 115 Å². The molecule has 0 aliphatic carbocycles. The zero-order valence-electron chi connectivity index (χ0n) is 25.3. The first-order valence-electron chi connectivity index (χ1n) is 14.3. The van der Waals surface area contributed by atoms with Gasteiger partial charge in [0.25, 0.3) is 5.56 Å². The molecular formula is C34H32N2O8S. The first-order chi connectivity index (χ1) is 21.9. The molecule has 11 heteroatoms. The second kappa shape index (κ2) is 14.1. The van der Waals surface area contributed by atoms with E-state index in [1.165, 1.54) is 23.0 Å². The van der Waals surface area contributed by atoms with Crippen molar-refractivity contribution in [3.63, 3.8) is 0 Å². The van der Waals surface area contributed by atoms with Crippen molar-refractivity contribution in [2.24, 2.45) is 4.99 Å². The lowest BCUT2D eigenvalue weighted by Crippen LogP contribution is -2.40. The second-order valence-corrected chi connectivity index (χ2v) is 10.7. The summed E-state index contributed by atoms with van der Waals surface area (Å²) in [5.74, 6) is 0.256. The third-order valence-corrected chi connectivity index (χ3v) is 7.90. The van der Waals surface area contributed by atoms with Crippen molar-refractivity contribution in [3.8, 4) is 17.2 Å². The summed E-state index contributed by atoms with van der Waals surface area (Å²) in [5, 5.41) is 0. The number of carbonyl (C=O) groups excluding carboxylic acids is 2. The summed E-state index contributed by atoms with van der Waals surface area (Å²) in [7, 11) is 3.05. The van der Waals surface area contributed by atoms with E-state index in [1.54, 1.807) is 57.4 Å². The zero-order chi connectivity index (χ0) is 31.9. The number of hydrogen-bond donors (Lipinski definition) is 0. The fourth-order valence-electron chi connectivity index (χ4n) is 4.95. The number of ether oxygens (including phenoxy) is 5. The van der Waals surface area contributed by atoms with Crippen molar-refractivity contribution in [1.82, 2.24) is 4.57 Å². The summed E-state index contributed by atoms with van der Waals surface area (Å²) in [5.41, 5.74) is 2.39. The molecule has 0 radical (unpaired) electrons. The maximum absolute atomic E-state index is 14.2. The van der Waals surface area contributed by atoms with Crippen molar-refractivity contribution >= 4 is 35.0 Å². The van der Waals surface area contributed by atoms with Crippen molar-refractivity contribution in [2.45, 2.75) is 19.9 Å². The molecule has 0 spiro atoms. The first-order valence-corrected chi connectivity index (χ1v) is 15.1. The smallest absolute Gasteiger partial charge is 0.344 e. The van der Waals surface area contributed by atoms with Gasteiger partial charge in [-0.05, 0) is 55.3 Å². The Balaban J connectivity index is 1.68. The largest absolute Gasteiger partial charge is 0.497 e. The predicted octanol–water partition coefficient (Wildman–Crippen LogP) is 3.89. The number of fused-ring (bicyclic) bond motifs is 1. The summed E-state index contributed by atoms with van der Waals surface area (Å²) >= 11 is 1.21.